The molecule has 0 bridgehead atoms. The van der Waals surface area contributed by atoms with Gasteiger partial charge < -0.3 is 10.1 Å². The van der Waals surface area contributed by atoms with Crippen LogP contribution in [0.3, 0.4) is 0 Å². The molecule has 0 spiro atoms. The van der Waals surface area contributed by atoms with Crippen LogP contribution in [0.4, 0.5) is 13.2 Å². The number of pyridine rings is 1. The molecule has 7 heteroatoms. The lowest BCUT2D eigenvalue weighted by Gasteiger charge is -2.13. The zero-order valence-corrected chi connectivity index (χ0v) is 15.4. The van der Waals surface area contributed by atoms with Crippen molar-refractivity contribution < 1.29 is 22.7 Å². The van der Waals surface area contributed by atoms with Gasteiger partial charge in [-0.15, -0.1) is 0 Å². The van der Waals surface area contributed by atoms with Gasteiger partial charge in [-0.05, 0) is 48.4 Å². The monoisotopic (exact) mass is 388 g/mol. The number of carbonyl (C=O) groups is 1. The van der Waals surface area contributed by atoms with Crippen molar-refractivity contribution in [2.75, 3.05) is 13.7 Å². The van der Waals surface area contributed by atoms with Crippen molar-refractivity contribution in [2.45, 2.75) is 19.1 Å². The van der Waals surface area contributed by atoms with Gasteiger partial charge in [0.15, 0.2) is 0 Å². The van der Waals surface area contributed by atoms with E-state index in [-0.39, 0.29) is 17.6 Å². The van der Waals surface area contributed by atoms with E-state index in [1.54, 1.807) is 31.4 Å². The van der Waals surface area contributed by atoms with Crippen molar-refractivity contribution in [2.24, 2.45) is 0 Å². The van der Waals surface area contributed by atoms with Crippen molar-refractivity contribution in [3.8, 4) is 11.1 Å². The molecule has 4 nitrogen and oxygen atoms in total. The van der Waals surface area contributed by atoms with Crippen LogP contribution in [-0.2, 0) is 10.9 Å². The number of fused-ring (bicyclic) bond motifs is 1. The number of nitrogens with zero attached hydrogens (tertiary/aromatic N) is 1. The number of aromatic nitrogens is 1. The van der Waals surface area contributed by atoms with Crippen LogP contribution in [0, 0.1) is 0 Å². The number of rotatable bonds is 5. The van der Waals surface area contributed by atoms with E-state index in [1.165, 1.54) is 12.1 Å². The normalized spacial score (nSPS) is 12.8. The summed E-state index contributed by atoms with van der Waals surface area (Å²) in [5.41, 5.74) is 1.55. The van der Waals surface area contributed by atoms with E-state index in [1.807, 2.05) is 13.0 Å². The van der Waals surface area contributed by atoms with Gasteiger partial charge in [-0.3, -0.25) is 4.79 Å². The first-order valence-electron chi connectivity index (χ1n) is 8.67. The highest BCUT2D eigenvalue weighted by Crippen LogP contribution is 2.33. The molecule has 0 unspecified atom stereocenters. The third-order valence-electron chi connectivity index (χ3n) is 4.28. The van der Waals surface area contributed by atoms with Crippen LogP contribution < -0.4 is 5.32 Å². The Balaban J connectivity index is 1.93. The van der Waals surface area contributed by atoms with E-state index in [9.17, 15) is 18.0 Å². The number of methoxy groups -OCH3 is 1. The van der Waals surface area contributed by atoms with Crippen molar-refractivity contribution >= 4 is 16.8 Å². The minimum absolute atomic E-state index is 0.159. The summed E-state index contributed by atoms with van der Waals surface area (Å²) in [5.74, 6) is -0.314. The molecule has 28 heavy (non-hydrogen) atoms. The second-order valence-corrected chi connectivity index (χ2v) is 6.47. The predicted molar refractivity (Wildman–Crippen MR) is 101 cm³/mol. The molecule has 0 aliphatic heterocycles. The molecule has 146 valence electrons. The number of amides is 1. The Bertz CT molecular complexity index is 985. The number of benzene rings is 2. The van der Waals surface area contributed by atoms with Crippen LogP contribution in [0.25, 0.3) is 22.0 Å². The van der Waals surface area contributed by atoms with Crippen molar-refractivity contribution in [1.82, 2.24) is 10.3 Å². The molecule has 2 aromatic carbocycles. The number of alkyl halides is 3. The lowest BCUT2D eigenvalue weighted by Crippen LogP contribution is -2.36. The summed E-state index contributed by atoms with van der Waals surface area (Å²) >= 11 is 0. The molecule has 1 N–H and O–H groups in total. The zero-order chi connectivity index (χ0) is 20.3. The highest BCUT2D eigenvalue weighted by atomic mass is 19.4. The minimum Gasteiger partial charge on any atom is -0.383 e. The Hall–Kier alpha value is -2.93. The highest BCUT2D eigenvalue weighted by molar-refractivity contribution is 5.99. The topological polar surface area (TPSA) is 51.2 Å². The van der Waals surface area contributed by atoms with Crippen LogP contribution in [0.5, 0.6) is 0 Å². The quantitative estimate of drug-likeness (QED) is 0.690. The summed E-state index contributed by atoms with van der Waals surface area (Å²) in [6.45, 7) is 2.21. The van der Waals surface area contributed by atoms with E-state index >= 15 is 0 Å². The van der Waals surface area contributed by atoms with Gasteiger partial charge >= 0.3 is 6.18 Å². The Morgan fingerprint density at radius 2 is 1.82 bits per heavy atom. The molecular formula is C21H19F3N2O2. The molecular weight excluding hydrogens is 369 g/mol. The molecule has 1 heterocycles. The Morgan fingerprint density at radius 3 is 2.46 bits per heavy atom. The summed E-state index contributed by atoms with van der Waals surface area (Å²) in [4.78, 5) is 16.7. The van der Waals surface area contributed by atoms with Crippen molar-refractivity contribution in [3.63, 3.8) is 0 Å². The van der Waals surface area contributed by atoms with Gasteiger partial charge in [-0.25, -0.2) is 4.98 Å². The average molecular weight is 388 g/mol. The number of carbonyl (C=O) groups excluding carboxylic acids is 1. The summed E-state index contributed by atoms with van der Waals surface area (Å²) in [6, 6.07) is 13.5. The standard InChI is InChI=1S/C21H19F3N2O2/c1-13(12-28-2)25-20(27)19-11-10-17-16(4-3-5-18(17)26-19)14-6-8-15(9-7-14)21(22,23)24/h3-11,13H,12H2,1-2H3,(H,25,27)/t13-/m0/s1. The zero-order valence-electron chi connectivity index (χ0n) is 15.4. The fourth-order valence-corrected chi connectivity index (χ4v) is 2.96. The Morgan fingerprint density at radius 1 is 1.11 bits per heavy atom. The molecule has 0 fully saturated rings. The van der Waals surface area contributed by atoms with Gasteiger partial charge in [-0.1, -0.05) is 24.3 Å². The molecule has 1 aromatic heterocycles. The third kappa shape index (κ3) is 4.31. The second-order valence-electron chi connectivity index (χ2n) is 6.47. The molecule has 3 aromatic rings. The van der Waals surface area contributed by atoms with Crippen LogP contribution in [0.15, 0.2) is 54.6 Å². The van der Waals surface area contributed by atoms with Gasteiger partial charge in [0.2, 0.25) is 0 Å². The first kappa shape index (κ1) is 19.8. The van der Waals surface area contributed by atoms with Gasteiger partial charge in [0.25, 0.3) is 5.91 Å². The summed E-state index contributed by atoms with van der Waals surface area (Å²) in [6.07, 6.45) is -4.37. The Labute approximate surface area is 160 Å². The van der Waals surface area contributed by atoms with Gasteiger partial charge in [-0.2, -0.15) is 13.2 Å². The van der Waals surface area contributed by atoms with Crippen molar-refractivity contribution in [3.05, 3.63) is 65.9 Å². The molecule has 1 amide bonds. The lowest BCUT2D eigenvalue weighted by molar-refractivity contribution is -0.137. The Kier molecular flexibility index (Phi) is 5.65. The molecule has 0 radical (unpaired) electrons. The van der Waals surface area contributed by atoms with Gasteiger partial charge in [0.1, 0.15) is 5.69 Å². The summed E-state index contributed by atoms with van der Waals surface area (Å²) < 4.78 is 43.3. The van der Waals surface area contributed by atoms with E-state index in [0.717, 1.165) is 23.1 Å². The smallest absolute Gasteiger partial charge is 0.383 e. The average Bonchev–Trinajstić information content (AvgIpc) is 2.66. The molecule has 0 saturated carbocycles. The fraction of sp³-hybridized carbons (Fsp3) is 0.238. The minimum atomic E-state index is -4.37. The highest BCUT2D eigenvalue weighted by Gasteiger charge is 2.30. The maximum Gasteiger partial charge on any atom is 0.416 e. The second kappa shape index (κ2) is 7.98. The molecule has 0 aliphatic rings. The number of hydrogen-bond acceptors (Lipinski definition) is 3. The maximum absolute atomic E-state index is 12.8. The van der Waals surface area contributed by atoms with Crippen LogP contribution in [-0.4, -0.2) is 30.6 Å². The van der Waals surface area contributed by atoms with Crippen LogP contribution >= 0.6 is 0 Å². The van der Waals surface area contributed by atoms with E-state index in [2.05, 4.69) is 10.3 Å². The predicted octanol–water partition coefficient (Wildman–Crippen LogP) is 4.69. The summed E-state index contributed by atoms with van der Waals surface area (Å²) in [7, 11) is 1.56. The largest absolute Gasteiger partial charge is 0.416 e. The SMILES string of the molecule is COC[C@H](C)NC(=O)c1ccc2c(-c3ccc(C(F)(F)F)cc3)cccc2n1. The fourth-order valence-electron chi connectivity index (χ4n) is 2.96. The van der Waals surface area contributed by atoms with E-state index < -0.39 is 11.7 Å². The number of halogens is 3. The molecule has 0 aliphatic carbocycles. The van der Waals surface area contributed by atoms with Crippen LogP contribution in [0.1, 0.15) is 23.0 Å². The van der Waals surface area contributed by atoms with E-state index in [4.69, 9.17) is 4.74 Å². The van der Waals surface area contributed by atoms with Gasteiger partial charge in [0.05, 0.1) is 17.7 Å². The maximum atomic E-state index is 12.8. The van der Waals surface area contributed by atoms with E-state index in [0.29, 0.717) is 17.7 Å². The third-order valence-corrected chi connectivity index (χ3v) is 4.28. The van der Waals surface area contributed by atoms with Gasteiger partial charge in [0, 0.05) is 18.5 Å². The van der Waals surface area contributed by atoms with Crippen LogP contribution in [0.2, 0.25) is 0 Å². The summed E-state index contributed by atoms with van der Waals surface area (Å²) in [5, 5.41) is 3.55. The molecule has 3 rings (SSSR count). The first-order valence-corrected chi connectivity index (χ1v) is 8.67. The number of nitrogens with one attached hydrogen (secondary N) is 1. The molecule has 1 atom stereocenters. The number of hydrogen-bond donors (Lipinski definition) is 1. The first-order chi connectivity index (χ1) is 13.3. The lowest BCUT2D eigenvalue weighted by atomic mass is 9.99. The number of ether oxygens (including phenoxy) is 1. The van der Waals surface area contributed by atoms with Crippen molar-refractivity contribution in [1.29, 1.82) is 0 Å². The molecule has 0 saturated heterocycles.